The van der Waals surface area contributed by atoms with Gasteiger partial charge in [0.1, 0.15) is 17.2 Å². The Bertz CT molecular complexity index is 1400. The number of aliphatic imine (C=N–C) groups is 1. The molecule has 2 aromatic carbocycles. The van der Waals surface area contributed by atoms with Crippen LogP contribution in [0.2, 0.25) is 0 Å². The molecule has 0 amide bonds. The lowest BCUT2D eigenvalue weighted by Crippen LogP contribution is -2.52. The average molecular weight is 566 g/mol. The molecule has 6 nitrogen and oxygen atoms in total. The van der Waals surface area contributed by atoms with Crippen molar-refractivity contribution in [1.82, 2.24) is 4.90 Å². The van der Waals surface area contributed by atoms with Crippen molar-refractivity contribution < 1.29 is 36.6 Å². The first-order valence-corrected chi connectivity index (χ1v) is 13.0. The number of piperidine rings is 1. The zero-order valence-corrected chi connectivity index (χ0v) is 21.5. The molecule has 0 spiro atoms. The number of nitrogens with zero attached hydrogens (tertiary/aromatic N) is 3. The Morgan fingerprint density at radius 3 is 2.46 bits per heavy atom. The van der Waals surface area contributed by atoms with Gasteiger partial charge in [0.2, 0.25) is 5.96 Å². The van der Waals surface area contributed by atoms with E-state index < -0.39 is 41.7 Å². The highest BCUT2D eigenvalue weighted by molar-refractivity contribution is 7.10. The summed E-state index contributed by atoms with van der Waals surface area (Å²) in [5, 5.41) is 11.5. The van der Waals surface area contributed by atoms with Crippen molar-refractivity contribution in [2.75, 3.05) is 25.1 Å². The van der Waals surface area contributed by atoms with Gasteiger partial charge < -0.3 is 14.7 Å². The normalized spacial score (nSPS) is 18.9. The lowest BCUT2D eigenvalue weighted by atomic mass is 9.86. The number of aliphatic carboxylic acids is 1. The van der Waals surface area contributed by atoms with Gasteiger partial charge in [0.05, 0.1) is 41.4 Å². The largest absolute Gasteiger partial charge is 0.495 e. The maximum Gasteiger partial charge on any atom is 0.416 e. The molecule has 5 rings (SSSR count). The third-order valence-corrected chi connectivity index (χ3v) is 8.07. The summed E-state index contributed by atoms with van der Waals surface area (Å²) in [5.41, 5.74) is -1.80. The molecule has 0 aliphatic carbocycles. The predicted molar refractivity (Wildman–Crippen MR) is 137 cm³/mol. The fraction of sp³-hybridized carbons (Fsp3) is 0.333. The zero-order valence-electron chi connectivity index (χ0n) is 20.7. The van der Waals surface area contributed by atoms with Crippen LogP contribution in [-0.4, -0.2) is 42.1 Å². The fourth-order valence-electron chi connectivity index (χ4n) is 5.08. The first-order valence-electron chi connectivity index (χ1n) is 12.1. The highest BCUT2D eigenvalue weighted by atomic mass is 32.1. The number of likely N-dealkylation sites (tertiary alicyclic amines) is 1. The standard InChI is InChI=1S/C27H24F5N3O3S/c1-38-22-7-4-17(27(30,31)32)14-20(22)35-21(15-23(36)37)24-19(8-13-39-24)33-25(35)34-11-9-26(29,10-12-34)16-2-5-18(28)6-3-16/h2-8,13-14,21H,9-12,15H2,1H3,(H,36,37)/t21-/m1/s1. The third-order valence-electron chi connectivity index (χ3n) is 7.06. The summed E-state index contributed by atoms with van der Waals surface area (Å²) in [6.45, 7) is 0.285. The van der Waals surface area contributed by atoms with Crippen LogP contribution in [-0.2, 0) is 16.6 Å². The van der Waals surface area contributed by atoms with Crippen molar-refractivity contribution in [2.45, 2.75) is 37.1 Å². The number of fused-ring (bicyclic) bond motifs is 1. The SMILES string of the molecule is COc1ccc(C(F)(F)F)cc1N1C(N2CCC(F)(c3ccc(F)cc3)CC2)=Nc2ccsc2[C@H]1CC(=O)O. The van der Waals surface area contributed by atoms with Crippen LogP contribution in [0.25, 0.3) is 0 Å². The second-order valence-corrected chi connectivity index (χ2v) is 10.4. The van der Waals surface area contributed by atoms with E-state index in [-0.39, 0.29) is 43.3 Å². The van der Waals surface area contributed by atoms with Crippen molar-refractivity contribution in [2.24, 2.45) is 4.99 Å². The van der Waals surface area contributed by atoms with E-state index in [1.54, 1.807) is 16.3 Å². The van der Waals surface area contributed by atoms with Crippen LogP contribution in [0, 0.1) is 5.82 Å². The van der Waals surface area contributed by atoms with E-state index in [0.29, 0.717) is 16.1 Å². The number of hydrogen-bond donors (Lipinski definition) is 1. The first kappa shape index (κ1) is 26.9. The van der Waals surface area contributed by atoms with E-state index in [2.05, 4.69) is 0 Å². The fourth-order valence-corrected chi connectivity index (χ4v) is 6.00. The maximum absolute atomic E-state index is 15.9. The smallest absolute Gasteiger partial charge is 0.416 e. The molecule has 3 aromatic rings. The van der Waals surface area contributed by atoms with E-state index in [4.69, 9.17) is 9.73 Å². The lowest BCUT2D eigenvalue weighted by molar-refractivity contribution is -0.138. The molecule has 12 heteroatoms. The Hall–Kier alpha value is -3.67. The Morgan fingerprint density at radius 2 is 1.85 bits per heavy atom. The molecule has 2 aliphatic rings. The van der Waals surface area contributed by atoms with Crippen LogP contribution in [0.15, 0.2) is 58.9 Å². The van der Waals surface area contributed by atoms with Gasteiger partial charge in [-0.15, -0.1) is 11.3 Å². The molecule has 2 aliphatic heterocycles. The second-order valence-electron chi connectivity index (χ2n) is 9.41. The maximum atomic E-state index is 15.9. The highest BCUT2D eigenvalue weighted by Crippen LogP contribution is 2.48. The van der Waals surface area contributed by atoms with Gasteiger partial charge >= 0.3 is 12.1 Å². The van der Waals surface area contributed by atoms with Crippen LogP contribution >= 0.6 is 11.3 Å². The van der Waals surface area contributed by atoms with E-state index in [1.807, 2.05) is 0 Å². The molecule has 206 valence electrons. The molecule has 1 aromatic heterocycles. The summed E-state index contributed by atoms with van der Waals surface area (Å²) in [4.78, 5) is 20.5. The minimum absolute atomic E-state index is 0.00648. The molecule has 1 N–H and O–H groups in total. The number of alkyl halides is 4. The minimum atomic E-state index is -4.65. The molecule has 39 heavy (non-hydrogen) atoms. The molecule has 1 fully saturated rings. The van der Waals surface area contributed by atoms with Crippen LogP contribution in [0.1, 0.15) is 41.3 Å². The van der Waals surface area contributed by atoms with E-state index in [0.717, 1.165) is 12.1 Å². The summed E-state index contributed by atoms with van der Waals surface area (Å²) >= 11 is 1.26. The zero-order chi connectivity index (χ0) is 27.9. The molecule has 3 heterocycles. The van der Waals surface area contributed by atoms with Crippen molar-refractivity contribution >= 4 is 34.6 Å². The molecule has 0 bridgehead atoms. The van der Waals surface area contributed by atoms with Crippen molar-refractivity contribution in [1.29, 1.82) is 0 Å². The number of carboxylic acids is 1. The quantitative estimate of drug-likeness (QED) is 0.341. The summed E-state index contributed by atoms with van der Waals surface area (Å²) < 4.78 is 75.9. The molecular weight excluding hydrogens is 541 g/mol. The number of guanidine groups is 1. The van der Waals surface area contributed by atoms with Crippen LogP contribution in [0.4, 0.5) is 33.3 Å². The summed E-state index contributed by atoms with van der Waals surface area (Å²) in [6, 6.07) is 9.06. The topological polar surface area (TPSA) is 65.4 Å². The molecule has 1 atom stereocenters. The molecule has 0 radical (unpaired) electrons. The first-order chi connectivity index (χ1) is 18.5. The number of benzene rings is 2. The van der Waals surface area contributed by atoms with Crippen LogP contribution in [0.5, 0.6) is 5.75 Å². The number of ether oxygens (including phenoxy) is 1. The van der Waals surface area contributed by atoms with Crippen molar-refractivity contribution in [3.8, 4) is 5.75 Å². The lowest BCUT2D eigenvalue weighted by Gasteiger charge is -2.45. The number of hydrogen-bond acceptors (Lipinski definition) is 6. The van der Waals surface area contributed by atoms with Crippen molar-refractivity contribution in [3.63, 3.8) is 0 Å². The van der Waals surface area contributed by atoms with Gasteiger partial charge in [-0.1, -0.05) is 12.1 Å². The van der Waals surface area contributed by atoms with Gasteiger partial charge in [-0.2, -0.15) is 13.2 Å². The molecule has 0 saturated carbocycles. The Labute approximate surface area is 225 Å². The monoisotopic (exact) mass is 565 g/mol. The van der Waals surface area contributed by atoms with Gasteiger partial charge in [-0.3, -0.25) is 9.69 Å². The second kappa shape index (κ2) is 10.1. The predicted octanol–water partition coefficient (Wildman–Crippen LogP) is 6.90. The van der Waals surface area contributed by atoms with Gasteiger partial charge in [-0.25, -0.2) is 13.8 Å². The van der Waals surface area contributed by atoms with Gasteiger partial charge in [0.25, 0.3) is 0 Å². The number of carbonyl (C=O) groups is 1. The summed E-state index contributed by atoms with van der Waals surface area (Å²) in [5.74, 6) is -1.30. The number of thiophene rings is 1. The third kappa shape index (κ3) is 5.17. The molecular formula is C27H24F5N3O3S. The Morgan fingerprint density at radius 1 is 1.15 bits per heavy atom. The molecule has 1 saturated heterocycles. The Kier molecular flexibility index (Phi) is 7.00. The van der Waals surface area contributed by atoms with E-state index in [9.17, 15) is 27.5 Å². The van der Waals surface area contributed by atoms with Gasteiger partial charge in [0.15, 0.2) is 0 Å². The highest BCUT2D eigenvalue weighted by Gasteiger charge is 2.43. The van der Waals surface area contributed by atoms with Gasteiger partial charge in [-0.05, 0) is 47.3 Å². The number of carboxylic acid groups (broad SMARTS) is 1. The summed E-state index contributed by atoms with van der Waals surface area (Å²) in [7, 11) is 1.32. The van der Waals surface area contributed by atoms with Crippen LogP contribution < -0.4 is 9.64 Å². The van der Waals surface area contributed by atoms with Crippen molar-refractivity contribution in [3.05, 3.63) is 75.7 Å². The number of anilines is 1. The number of halogens is 5. The van der Waals surface area contributed by atoms with Crippen LogP contribution in [0.3, 0.4) is 0 Å². The average Bonchev–Trinajstić information content (AvgIpc) is 3.37. The van der Waals surface area contributed by atoms with E-state index >= 15 is 4.39 Å². The Balaban J connectivity index is 1.58. The molecule has 0 unspecified atom stereocenters. The van der Waals surface area contributed by atoms with Gasteiger partial charge in [0, 0.05) is 25.9 Å². The minimum Gasteiger partial charge on any atom is -0.495 e. The number of methoxy groups -OCH3 is 1. The number of rotatable bonds is 5. The van der Waals surface area contributed by atoms with E-state index in [1.165, 1.54) is 53.7 Å². The summed E-state index contributed by atoms with van der Waals surface area (Å²) in [6.07, 6.45) is -5.03.